The lowest BCUT2D eigenvalue weighted by molar-refractivity contribution is -0.613. The van der Waals surface area contributed by atoms with Crippen LogP contribution in [0.5, 0.6) is 0 Å². The van der Waals surface area contributed by atoms with Crippen molar-refractivity contribution in [1.82, 2.24) is 0 Å². The highest BCUT2D eigenvalue weighted by Gasteiger charge is 2.23. The molecule has 0 unspecified atom stereocenters. The van der Waals surface area contributed by atoms with Crippen LogP contribution >= 0.6 is 0 Å². The van der Waals surface area contributed by atoms with Gasteiger partial charge >= 0.3 is 0 Å². The Morgan fingerprint density at radius 2 is 1.61 bits per heavy atom. The van der Waals surface area contributed by atoms with Gasteiger partial charge in [-0.15, -0.1) is 0 Å². The molecule has 0 amide bonds. The fourth-order valence-electron chi connectivity index (χ4n) is 2.94. The average Bonchev–Trinajstić information content (AvgIpc) is 2.51. The van der Waals surface area contributed by atoms with Gasteiger partial charge in [-0.3, -0.25) is 0 Å². The monoisotopic (exact) mass is 313 g/mol. The number of aryl methyl sites for hydroxylation is 1. The third-order valence-corrected chi connectivity index (χ3v) is 4.06. The molecule has 1 heterocycles. The van der Waals surface area contributed by atoms with E-state index in [0.29, 0.717) is 27.8 Å². The van der Waals surface area contributed by atoms with Gasteiger partial charge in [-0.2, -0.15) is 4.73 Å². The van der Waals surface area contributed by atoms with Crippen LogP contribution in [0.2, 0.25) is 0 Å². The van der Waals surface area contributed by atoms with E-state index in [1.165, 1.54) is 18.3 Å². The number of pyridine rings is 1. The predicted molar refractivity (Wildman–Crippen MR) is 87.1 cm³/mol. The summed E-state index contributed by atoms with van der Waals surface area (Å²) in [5.41, 5.74) is 2.40. The molecule has 0 bridgehead atoms. The smallest absolute Gasteiger partial charge is 0.203 e. The van der Waals surface area contributed by atoms with Crippen LogP contribution in [0.25, 0.3) is 21.9 Å². The summed E-state index contributed by atoms with van der Waals surface area (Å²) in [6, 6.07) is 9.44. The number of benzene rings is 2. The zero-order valence-corrected chi connectivity index (χ0v) is 13.2. The third kappa shape index (κ3) is 2.54. The Balaban J connectivity index is 2.47. The molecule has 0 spiro atoms. The van der Waals surface area contributed by atoms with E-state index < -0.39 is 5.82 Å². The van der Waals surface area contributed by atoms with Gasteiger partial charge in [0.1, 0.15) is 11.6 Å². The van der Waals surface area contributed by atoms with E-state index in [1.807, 2.05) is 19.9 Å². The van der Waals surface area contributed by atoms with Crippen LogP contribution in [0.3, 0.4) is 0 Å². The lowest BCUT2D eigenvalue weighted by Gasteiger charge is -2.16. The summed E-state index contributed by atoms with van der Waals surface area (Å²) in [6.45, 7) is 5.48. The second-order valence-electron chi connectivity index (χ2n) is 6.03. The molecule has 4 heteroatoms. The van der Waals surface area contributed by atoms with Crippen LogP contribution in [-0.4, -0.2) is 0 Å². The van der Waals surface area contributed by atoms with Crippen LogP contribution in [0, 0.1) is 23.8 Å². The highest BCUT2D eigenvalue weighted by molar-refractivity contribution is 5.97. The van der Waals surface area contributed by atoms with E-state index in [2.05, 4.69) is 0 Å². The van der Waals surface area contributed by atoms with Crippen molar-refractivity contribution in [1.29, 1.82) is 0 Å². The Labute approximate surface area is 133 Å². The van der Waals surface area contributed by atoms with Crippen molar-refractivity contribution in [2.45, 2.75) is 26.7 Å². The number of nitrogens with zero attached hydrogens (tertiary/aromatic N) is 1. The first-order valence-corrected chi connectivity index (χ1v) is 7.51. The molecular weight excluding hydrogens is 296 g/mol. The molecule has 0 aliphatic carbocycles. The van der Waals surface area contributed by atoms with Gasteiger partial charge in [-0.25, -0.2) is 8.78 Å². The number of hydrogen-bond donors (Lipinski definition) is 0. The lowest BCUT2D eigenvalue weighted by Crippen LogP contribution is -2.33. The van der Waals surface area contributed by atoms with Gasteiger partial charge in [0.25, 0.3) is 0 Å². The van der Waals surface area contributed by atoms with Crippen molar-refractivity contribution in [3.63, 3.8) is 0 Å². The molecule has 1 aromatic heterocycles. The Morgan fingerprint density at radius 1 is 0.957 bits per heavy atom. The standard InChI is InChI=1S/C19H17F2NO/c1-11(2)19-17(13-5-7-14(20)8-6-13)15-9-4-12(3)18(21)16(15)10-22(19)23/h4-11H,1-3H3. The van der Waals surface area contributed by atoms with Crippen molar-refractivity contribution in [2.75, 3.05) is 0 Å². The van der Waals surface area contributed by atoms with E-state index >= 15 is 0 Å². The second kappa shape index (κ2) is 5.61. The molecule has 0 N–H and O–H groups in total. The molecule has 3 rings (SSSR count). The summed E-state index contributed by atoms with van der Waals surface area (Å²) >= 11 is 0. The van der Waals surface area contributed by atoms with Crippen molar-refractivity contribution < 1.29 is 13.5 Å². The van der Waals surface area contributed by atoms with E-state index in [0.717, 1.165) is 4.73 Å². The number of fused-ring (bicyclic) bond motifs is 1. The first-order valence-electron chi connectivity index (χ1n) is 7.51. The Kier molecular flexibility index (Phi) is 3.76. The number of halogens is 2. The molecule has 0 aliphatic rings. The first kappa shape index (κ1) is 15.4. The maximum Gasteiger partial charge on any atom is 0.203 e. The van der Waals surface area contributed by atoms with Crippen molar-refractivity contribution in [2.24, 2.45) is 0 Å². The fourth-order valence-corrected chi connectivity index (χ4v) is 2.94. The van der Waals surface area contributed by atoms with E-state index in [-0.39, 0.29) is 17.1 Å². The molecule has 23 heavy (non-hydrogen) atoms. The normalized spacial score (nSPS) is 11.4. The van der Waals surface area contributed by atoms with Crippen LogP contribution in [0.15, 0.2) is 42.6 Å². The minimum absolute atomic E-state index is 0.0543. The van der Waals surface area contributed by atoms with Gasteiger partial charge < -0.3 is 5.21 Å². The first-order chi connectivity index (χ1) is 10.9. The van der Waals surface area contributed by atoms with E-state index in [4.69, 9.17) is 0 Å². The van der Waals surface area contributed by atoms with E-state index in [1.54, 1.807) is 25.1 Å². The third-order valence-electron chi connectivity index (χ3n) is 4.06. The summed E-state index contributed by atoms with van der Waals surface area (Å²) in [5, 5.41) is 13.4. The lowest BCUT2D eigenvalue weighted by atomic mass is 9.92. The summed E-state index contributed by atoms with van der Waals surface area (Å²) in [5.74, 6) is -0.802. The van der Waals surface area contributed by atoms with Crippen LogP contribution in [0.1, 0.15) is 31.0 Å². The molecule has 0 radical (unpaired) electrons. The van der Waals surface area contributed by atoms with Gasteiger partial charge in [0.15, 0.2) is 6.20 Å². The zero-order valence-electron chi connectivity index (χ0n) is 13.2. The summed E-state index contributed by atoms with van der Waals surface area (Å²) in [6.07, 6.45) is 1.29. The van der Waals surface area contributed by atoms with Gasteiger partial charge in [-0.1, -0.05) is 38.1 Å². The quantitative estimate of drug-likeness (QED) is 0.491. The minimum atomic E-state index is -0.397. The van der Waals surface area contributed by atoms with Crippen molar-refractivity contribution in [3.05, 3.63) is 70.7 Å². The maximum atomic E-state index is 14.5. The topological polar surface area (TPSA) is 26.9 Å². The molecule has 2 aromatic carbocycles. The molecule has 118 valence electrons. The molecule has 0 saturated carbocycles. The Hall–Kier alpha value is -2.49. The summed E-state index contributed by atoms with van der Waals surface area (Å²) < 4.78 is 28.4. The van der Waals surface area contributed by atoms with Crippen LogP contribution in [0.4, 0.5) is 8.78 Å². The van der Waals surface area contributed by atoms with Gasteiger partial charge in [0.05, 0.1) is 10.9 Å². The van der Waals surface area contributed by atoms with Gasteiger partial charge in [0, 0.05) is 11.3 Å². The maximum absolute atomic E-state index is 14.5. The van der Waals surface area contributed by atoms with Crippen LogP contribution < -0.4 is 4.73 Å². The van der Waals surface area contributed by atoms with Gasteiger partial charge in [0.2, 0.25) is 5.69 Å². The highest BCUT2D eigenvalue weighted by Crippen LogP contribution is 2.35. The molecule has 0 atom stereocenters. The number of aromatic nitrogens is 1. The molecule has 2 nitrogen and oxygen atoms in total. The largest absolute Gasteiger partial charge is 0.618 e. The fraction of sp³-hybridized carbons (Fsp3) is 0.211. The van der Waals surface area contributed by atoms with Crippen molar-refractivity contribution >= 4 is 10.8 Å². The zero-order chi connectivity index (χ0) is 16.7. The summed E-state index contributed by atoms with van der Waals surface area (Å²) in [7, 11) is 0. The SMILES string of the molecule is Cc1ccc2c(-c3ccc(F)cc3)c(C(C)C)[n+]([O-])cc2c1F. The Bertz CT molecular complexity index is 886. The molecule has 0 saturated heterocycles. The molecular formula is C19H17F2NO. The predicted octanol–water partition coefficient (Wildman–Crippen LogP) is 4.85. The summed E-state index contributed by atoms with van der Waals surface area (Å²) in [4.78, 5) is 0. The highest BCUT2D eigenvalue weighted by atomic mass is 19.1. The minimum Gasteiger partial charge on any atom is -0.618 e. The van der Waals surface area contributed by atoms with E-state index in [9.17, 15) is 14.0 Å². The second-order valence-corrected chi connectivity index (χ2v) is 6.03. The average molecular weight is 313 g/mol. The number of rotatable bonds is 2. The molecule has 0 fully saturated rings. The van der Waals surface area contributed by atoms with Crippen LogP contribution in [-0.2, 0) is 0 Å². The van der Waals surface area contributed by atoms with Gasteiger partial charge in [-0.05, 0) is 30.2 Å². The molecule has 3 aromatic rings. The Morgan fingerprint density at radius 3 is 2.22 bits per heavy atom. The number of hydrogen-bond acceptors (Lipinski definition) is 1. The van der Waals surface area contributed by atoms with Crippen molar-refractivity contribution in [3.8, 4) is 11.1 Å². The molecule has 0 aliphatic heterocycles.